The molecule has 2 N–H and O–H groups in total. The Morgan fingerprint density at radius 2 is 1.73 bits per heavy atom. The zero-order valence-electron chi connectivity index (χ0n) is 7.75. The molecule has 0 aliphatic carbocycles. The molecule has 0 heterocycles. The van der Waals surface area contributed by atoms with Gasteiger partial charge < -0.3 is 10.2 Å². The van der Waals surface area contributed by atoms with Crippen LogP contribution in [0.5, 0.6) is 0 Å². The highest BCUT2D eigenvalue weighted by Gasteiger charge is 2.13. The maximum atomic E-state index is 9.27. The van der Waals surface area contributed by atoms with E-state index in [9.17, 15) is 5.11 Å². The van der Waals surface area contributed by atoms with E-state index >= 15 is 0 Å². The lowest BCUT2D eigenvalue weighted by molar-refractivity contribution is 0.0166. The van der Waals surface area contributed by atoms with Gasteiger partial charge in [0.05, 0.1) is 12.2 Å². The molecule has 0 saturated carbocycles. The maximum Gasteiger partial charge on any atom is 0.0798 e. The molecule has 0 saturated heterocycles. The van der Waals surface area contributed by atoms with E-state index in [4.69, 9.17) is 5.11 Å². The average molecular weight is 160 g/mol. The predicted molar refractivity (Wildman–Crippen MR) is 46.4 cm³/mol. The highest BCUT2D eigenvalue weighted by molar-refractivity contribution is 4.65. The van der Waals surface area contributed by atoms with E-state index in [1.807, 2.05) is 0 Å². The van der Waals surface area contributed by atoms with Gasteiger partial charge in [0, 0.05) is 0 Å². The van der Waals surface area contributed by atoms with E-state index in [2.05, 4.69) is 13.8 Å². The zero-order valence-corrected chi connectivity index (χ0v) is 7.75. The molecule has 3 unspecified atom stereocenters. The van der Waals surface area contributed by atoms with Crippen molar-refractivity contribution in [2.75, 3.05) is 0 Å². The van der Waals surface area contributed by atoms with Gasteiger partial charge in [-0.2, -0.15) is 0 Å². The summed E-state index contributed by atoms with van der Waals surface area (Å²) >= 11 is 0. The SMILES string of the molecule is CCCC(C)CC(O)C(C)O. The highest BCUT2D eigenvalue weighted by atomic mass is 16.3. The van der Waals surface area contributed by atoms with Crippen molar-refractivity contribution >= 4 is 0 Å². The monoisotopic (exact) mass is 160 g/mol. The van der Waals surface area contributed by atoms with Crippen molar-refractivity contribution in [3.8, 4) is 0 Å². The molecule has 0 spiro atoms. The lowest BCUT2D eigenvalue weighted by atomic mass is 9.97. The maximum absolute atomic E-state index is 9.27. The molecular formula is C9H20O2. The van der Waals surface area contributed by atoms with Gasteiger partial charge in [-0.3, -0.25) is 0 Å². The molecule has 68 valence electrons. The summed E-state index contributed by atoms with van der Waals surface area (Å²) in [6, 6.07) is 0. The molecule has 0 fully saturated rings. The van der Waals surface area contributed by atoms with Crippen LogP contribution in [0.3, 0.4) is 0 Å². The van der Waals surface area contributed by atoms with E-state index in [-0.39, 0.29) is 0 Å². The minimum atomic E-state index is -0.589. The Hall–Kier alpha value is -0.0800. The molecule has 0 rings (SSSR count). The van der Waals surface area contributed by atoms with Gasteiger partial charge in [0.25, 0.3) is 0 Å². The van der Waals surface area contributed by atoms with Crippen LogP contribution in [0.4, 0.5) is 0 Å². The molecule has 2 heteroatoms. The van der Waals surface area contributed by atoms with Crippen molar-refractivity contribution in [2.45, 2.75) is 52.2 Å². The van der Waals surface area contributed by atoms with Crippen molar-refractivity contribution in [3.63, 3.8) is 0 Å². The van der Waals surface area contributed by atoms with E-state index < -0.39 is 12.2 Å². The Morgan fingerprint density at radius 1 is 1.18 bits per heavy atom. The third-order valence-electron chi connectivity index (χ3n) is 1.98. The standard InChI is InChI=1S/C9H20O2/c1-4-5-7(2)6-9(11)8(3)10/h7-11H,4-6H2,1-3H3. The minimum absolute atomic E-state index is 0.518. The molecule has 11 heavy (non-hydrogen) atoms. The lowest BCUT2D eigenvalue weighted by Crippen LogP contribution is -2.24. The Balaban J connectivity index is 3.48. The van der Waals surface area contributed by atoms with Crippen LogP contribution < -0.4 is 0 Å². The van der Waals surface area contributed by atoms with Crippen molar-refractivity contribution in [1.29, 1.82) is 0 Å². The van der Waals surface area contributed by atoms with Gasteiger partial charge in [0.2, 0.25) is 0 Å². The smallest absolute Gasteiger partial charge is 0.0798 e. The molecule has 0 aliphatic heterocycles. The molecule has 0 bridgehead atoms. The average Bonchev–Trinajstić information content (AvgIpc) is 1.87. The van der Waals surface area contributed by atoms with Crippen LogP contribution in [0.1, 0.15) is 40.0 Å². The van der Waals surface area contributed by atoms with Gasteiger partial charge >= 0.3 is 0 Å². The number of aliphatic hydroxyl groups is 2. The molecule has 0 aromatic carbocycles. The third kappa shape index (κ3) is 5.22. The van der Waals surface area contributed by atoms with Gasteiger partial charge in [0.1, 0.15) is 0 Å². The number of aliphatic hydroxyl groups excluding tert-OH is 2. The van der Waals surface area contributed by atoms with Crippen LogP contribution in [0.15, 0.2) is 0 Å². The summed E-state index contributed by atoms with van der Waals surface area (Å²) in [5, 5.41) is 18.3. The molecule has 0 amide bonds. The first-order valence-electron chi connectivity index (χ1n) is 4.44. The fourth-order valence-electron chi connectivity index (χ4n) is 1.22. The van der Waals surface area contributed by atoms with Gasteiger partial charge in [-0.05, 0) is 19.3 Å². The molecule has 0 radical (unpaired) electrons. The summed E-state index contributed by atoms with van der Waals surface area (Å²) in [7, 11) is 0. The summed E-state index contributed by atoms with van der Waals surface area (Å²) in [6.45, 7) is 5.86. The summed E-state index contributed by atoms with van der Waals surface area (Å²) in [6.07, 6.45) is 1.86. The largest absolute Gasteiger partial charge is 0.391 e. The number of rotatable bonds is 5. The lowest BCUT2D eigenvalue weighted by Gasteiger charge is -2.17. The summed E-state index contributed by atoms with van der Waals surface area (Å²) in [4.78, 5) is 0. The van der Waals surface area contributed by atoms with Gasteiger partial charge in [-0.25, -0.2) is 0 Å². The minimum Gasteiger partial charge on any atom is -0.391 e. The fraction of sp³-hybridized carbons (Fsp3) is 1.00. The van der Waals surface area contributed by atoms with Gasteiger partial charge in [0.15, 0.2) is 0 Å². The van der Waals surface area contributed by atoms with E-state index in [0.717, 1.165) is 12.8 Å². The Morgan fingerprint density at radius 3 is 2.09 bits per heavy atom. The second kappa shape index (κ2) is 5.56. The zero-order chi connectivity index (χ0) is 8.85. The molecule has 0 aromatic heterocycles. The van der Waals surface area contributed by atoms with Crippen molar-refractivity contribution in [3.05, 3.63) is 0 Å². The molecule has 2 nitrogen and oxygen atoms in total. The van der Waals surface area contributed by atoms with Crippen molar-refractivity contribution < 1.29 is 10.2 Å². The van der Waals surface area contributed by atoms with Crippen molar-refractivity contribution in [2.24, 2.45) is 5.92 Å². The number of hydrogen-bond donors (Lipinski definition) is 2. The second-order valence-corrected chi connectivity index (χ2v) is 3.44. The molecule has 3 atom stereocenters. The Kier molecular flexibility index (Phi) is 5.51. The first-order valence-corrected chi connectivity index (χ1v) is 4.44. The van der Waals surface area contributed by atoms with Crippen molar-refractivity contribution in [1.82, 2.24) is 0 Å². The molecule has 0 aromatic rings. The van der Waals surface area contributed by atoms with E-state index in [1.54, 1.807) is 6.92 Å². The van der Waals surface area contributed by atoms with Crippen LogP contribution in [-0.4, -0.2) is 22.4 Å². The highest BCUT2D eigenvalue weighted by Crippen LogP contribution is 2.13. The quantitative estimate of drug-likeness (QED) is 0.640. The second-order valence-electron chi connectivity index (χ2n) is 3.44. The van der Waals surface area contributed by atoms with Crippen LogP contribution in [0.25, 0.3) is 0 Å². The van der Waals surface area contributed by atoms with Gasteiger partial charge in [-0.15, -0.1) is 0 Å². The summed E-state index contributed by atoms with van der Waals surface area (Å²) < 4.78 is 0. The van der Waals surface area contributed by atoms with Crippen LogP contribution >= 0.6 is 0 Å². The third-order valence-corrected chi connectivity index (χ3v) is 1.98. The normalized spacial score (nSPS) is 19.4. The predicted octanol–water partition coefficient (Wildman–Crippen LogP) is 1.55. The topological polar surface area (TPSA) is 40.5 Å². The summed E-state index contributed by atoms with van der Waals surface area (Å²) in [5.41, 5.74) is 0. The molecule has 0 aliphatic rings. The van der Waals surface area contributed by atoms with Crippen LogP contribution in [0.2, 0.25) is 0 Å². The first kappa shape index (κ1) is 10.9. The fourth-order valence-corrected chi connectivity index (χ4v) is 1.22. The van der Waals surface area contributed by atoms with E-state index in [1.165, 1.54) is 0 Å². The Labute approximate surface area is 69.2 Å². The van der Waals surface area contributed by atoms with Crippen LogP contribution in [-0.2, 0) is 0 Å². The number of hydrogen-bond acceptors (Lipinski definition) is 2. The van der Waals surface area contributed by atoms with Gasteiger partial charge in [-0.1, -0.05) is 26.7 Å². The molecular weight excluding hydrogens is 140 g/mol. The summed E-state index contributed by atoms with van der Waals surface area (Å²) in [5.74, 6) is 0.518. The Bertz CT molecular complexity index is 91.6. The first-order chi connectivity index (χ1) is 5.07. The van der Waals surface area contributed by atoms with E-state index in [0.29, 0.717) is 12.3 Å². The van der Waals surface area contributed by atoms with Crippen LogP contribution in [0, 0.1) is 5.92 Å².